The molecule has 0 bridgehead atoms. The SMILES string of the molecule is O=P(O)(O)c1c(Cl)[nH]c2ccccc12. The third kappa shape index (κ3) is 1.47. The predicted octanol–water partition coefficient (Wildman–Crippen LogP) is 1.62. The van der Waals surface area contributed by atoms with Gasteiger partial charge in [0.2, 0.25) is 0 Å². The van der Waals surface area contributed by atoms with Crippen LogP contribution >= 0.6 is 19.2 Å². The minimum atomic E-state index is -4.32. The summed E-state index contributed by atoms with van der Waals surface area (Å²) in [7, 11) is -4.32. The number of rotatable bonds is 1. The molecular formula is C8H7ClNO3P. The lowest BCUT2D eigenvalue weighted by atomic mass is 10.2. The van der Waals surface area contributed by atoms with Gasteiger partial charge in [-0.15, -0.1) is 0 Å². The van der Waals surface area contributed by atoms with Crippen LogP contribution in [0.25, 0.3) is 10.9 Å². The molecule has 0 saturated heterocycles. The summed E-state index contributed by atoms with van der Waals surface area (Å²) in [6.07, 6.45) is 0. The first-order valence-corrected chi connectivity index (χ1v) is 5.81. The molecule has 0 atom stereocenters. The summed E-state index contributed by atoms with van der Waals surface area (Å²) >= 11 is 5.70. The second-order valence-electron chi connectivity index (χ2n) is 2.88. The maximum atomic E-state index is 11.1. The number of hydrogen-bond donors (Lipinski definition) is 3. The number of fused-ring (bicyclic) bond motifs is 1. The first-order chi connectivity index (χ1) is 6.50. The van der Waals surface area contributed by atoms with Crippen LogP contribution in [-0.4, -0.2) is 14.8 Å². The fourth-order valence-corrected chi connectivity index (χ4v) is 2.73. The Hall–Kier alpha value is -0.800. The molecule has 3 N–H and O–H groups in total. The molecule has 0 amide bonds. The van der Waals surface area contributed by atoms with E-state index < -0.39 is 7.60 Å². The summed E-state index contributed by atoms with van der Waals surface area (Å²) in [4.78, 5) is 20.8. The van der Waals surface area contributed by atoms with Crippen molar-refractivity contribution in [2.45, 2.75) is 0 Å². The molecule has 0 fully saturated rings. The van der Waals surface area contributed by atoms with E-state index in [0.29, 0.717) is 10.9 Å². The Morgan fingerprint density at radius 2 is 1.93 bits per heavy atom. The Morgan fingerprint density at radius 3 is 2.57 bits per heavy atom. The molecule has 0 spiro atoms. The smallest absolute Gasteiger partial charge is 0.345 e. The van der Waals surface area contributed by atoms with Crippen molar-refractivity contribution in [3.63, 3.8) is 0 Å². The fourth-order valence-electron chi connectivity index (χ4n) is 1.38. The quantitative estimate of drug-likeness (QED) is 0.653. The highest BCUT2D eigenvalue weighted by molar-refractivity contribution is 7.61. The van der Waals surface area contributed by atoms with Gasteiger partial charge in [0.15, 0.2) is 0 Å². The summed E-state index contributed by atoms with van der Waals surface area (Å²) < 4.78 is 11.1. The zero-order valence-corrected chi connectivity index (χ0v) is 8.59. The molecule has 6 heteroatoms. The van der Waals surface area contributed by atoms with Gasteiger partial charge in [0, 0.05) is 10.9 Å². The highest BCUT2D eigenvalue weighted by Gasteiger charge is 2.25. The van der Waals surface area contributed by atoms with Crippen LogP contribution in [0.5, 0.6) is 0 Å². The van der Waals surface area contributed by atoms with Gasteiger partial charge in [0.25, 0.3) is 0 Å². The minimum absolute atomic E-state index is 0.000432. The van der Waals surface area contributed by atoms with Crippen LogP contribution in [0.3, 0.4) is 0 Å². The fraction of sp³-hybridized carbons (Fsp3) is 0. The van der Waals surface area contributed by atoms with E-state index in [1.807, 2.05) is 0 Å². The normalized spacial score (nSPS) is 12.2. The lowest BCUT2D eigenvalue weighted by molar-refractivity contribution is 0.388. The van der Waals surface area contributed by atoms with E-state index in [4.69, 9.17) is 21.4 Å². The van der Waals surface area contributed by atoms with Crippen molar-refractivity contribution >= 4 is 35.4 Å². The number of para-hydroxylation sites is 1. The van der Waals surface area contributed by atoms with Crippen molar-refractivity contribution in [1.82, 2.24) is 4.98 Å². The standard InChI is InChI=1S/C8H7ClNO3P/c9-8-7(14(11,12)13)5-3-1-2-4-6(5)10-8/h1-4,10H,(H2,11,12,13). The number of nitrogens with one attached hydrogen (secondary N) is 1. The molecular weight excluding hydrogens is 225 g/mol. The van der Waals surface area contributed by atoms with E-state index in [-0.39, 0.29) is 10.5 Å². The average Bonchev–Trinajstić information content (AvgIpc) is 2.38. The molecule has 0 aliphatic carbocycles. The first-order valence-electron chi connectivity index (χ1n) is 3.82. The van der Waals surface area contributed by atoms with Gasteiger partial charge >= 0.3 is 7.60 Å². The van der Waals surface area contributed by atoms with Crippen molar-refractivity contribution in [3.05, 3.63) is 29.4 Å². The number of benzene rings is 1. The predicted molar refractivity (Wildman–Crippen MR) is 55.0 cm³/mol. The molecule has 4 nitrogen and oxygen atoms in total. The van der Waals surface area contributed by atoms with Crippen LogP contribution in [-0.2, 0) is 4.57 Å². The average molecular weight is 232 g/mol. The lowest BCUT2D eigenvalue weighted by Crippen LogP contribution is -2.02. The second-order valence-corrected chi connectivity index (χ2v) is 4.79. The summed E-state index contributed by atoms with van der Waals surface area (Å²) in [5, 5.41) is 0.333. The van der Waals surface area contributed by atoms with Crippen LogP contribution in [0.4, 0.5) is 0 Å². The van der Waals surface area contributed by atoms with E-state index >= 15 is 0 Å². The Bertz CT molecular complexity index is 530. The van der Waals surface area contributed by atoms with Crippen molar-refractivity contribution in [2.75, 3.05) is 0 Å². The molecule has 0 saturated carbocycles. The zero-order valence-electron chi connectivity index (χ0n) is 6.94. The third-order valence-corrected chi connectivity index (χ3v) is 3.39. The van der Waals surface area contributed by atoms with Crippen molar-refractivity contribution in [2.24, 2.45) is 0 Å². The van der Waals surface area contributed by atoms with E-state index in [1.54, 1.807) is 24.3 Å². The van der Waals surface area contributed by atoms with Gasteiger partial charge in [0.1, 0.15) is 10.5 Å². The highest BCUT2D eigenvalue weighted by Crippen LogP contribution is 2.39. The van der Waals surface area contributed by atoms with Gasteiger partial charge < -0.3 is 14.8 Å². The Balaban J connectivity index is 2.88. The highest BCUT2D eigenvalue weighted by atomic mass is 35.5. The summed E-state index contributed by atoms with van der Waals surface area (Å²) in [6, 6.07) is 6.79. The molecule has 0 unspecified atom stereocenters. The number of aromatic amines is 1. The minimum Gasteiger partial charge on any atom is -0.345 e. The van der Waals surface area contributed by atoms with E-state index in [1.165, 1.54) is 0 Å². The van der Waals surface area contributed by atoms with Crippen molar-refractivity contribution in [1.29, 1.82) is 0 Å². The molecule has 0 aliphatic rings. The largest absolute Gasteiger partial charge is 0.359 e. The lowest BCUT2D eigenvalue weighted by Gasteiger charge is -2.01. The molecule has 1 aromatic carbocycles. The molecule has 0 radical (unpaired) electrons. The van der Waals surface area contributed by atoms with Crippen LogP contribution < -0.4 is 5.30 Å². The monoisotopic (exact) mass is 231 g/mol. The van der Waals surface area contributed by atoms with Gasteiger partial charge in [-0.2, -0.15) is 0 Å². The summed E-state index contributed by atoms with van der Waals surface area (Å²) in [5.41, 5.74) is 0.621. The maximum Gasteiger partial charge on any atom is 0.359 e. The molecule has 0 aliphatic heterocycles. The Morgan fingerprint density at radius 1 is 1.29 bits per heavy atom. The number of H-pyrrole nitrogens is 1. The molecule has 74 valence electrons. The third-order valence-electron chi connectivity index (χ3n) is 1.93. The summed E-state index contributed by atoms with van der Waals surface area (Å²) in [6.45, 7) is 0. The van der Waals surface area contributed by atoms with Gasteiger partial charge in [-0.1, -0.05) is 29.8 Å². The zero-order chi connectivity index (χ0) is 10.3. The van der Waals surface area contributed by atoms with Gasteiger partial charge in [-0.25, -0.2) is 0 Å². The molecule has 1 aromatic heterocycles. The molecule has 2 aromatic rings. The first kappa shape index (κ1) is 9.74. The van der Waals surface area contributed by atoms with E-state index in [0.717, 1.165) is 0 Å². The number of aromatic nitrogens is 1. The van der Waals surface area contributed by atoms with Crippen LogP contribution in [0.1, 0.15) is 0 Å². The van der Waals surface area contributed by atoms with Gasteiger partial charge in [0.05, 0.1) is 0 Å². The second kappa shape index (κ2) is 3.11. The van der Waals surface area contributed by atoms with E-state index in [2.05, 4.69) is 4.98 Å². The maximum absolute atomic E-state index is 11.1. The van der Waals surface area contributed by atoms with Crippen LogP contribution in [0.2, 0.25) is 5.15 Å². The van der Waals surface area contributed by atoms with Crippen LogP contribution in [0.15, 0.2) is 24.3 Å². The van der Waals surface area contributed by atoms with E-state index in [9.17, 15) is 4.57 Å². The van der Waals surface area contributed by atoms with Crippen LogP contribution in [0, 0.1) is 0 Å². The number of hydrogen-bond acceptors (Lipinski definition) is 1. The molecule has 1 heterocycles. The van der Waals surface area contributed by atoms with Crippen molar-refractivity contribution in [3.8, 4) is 0 Å². The summed E-state index contributed by atoms with van der Waals surface area (Å²) in [5.74, 6) is 0. The topological polar surface area (TPSA) is 73.3 Å². The molecule has 2 rings (SSSR count). The Kier molecular flexibility index (Phi) is 2.16. The van der Waals surface area contributed by atoms with Gasteiger partial charge in [-0.05, 0) is 6.07 Å². The van der Waals surface area contributed by atoms with Gasteiger partial charge in [-0.3, -0.25) is 4.57 Å². The number of halogens is 1. The molecule has 14 heavy (non-hydrogen) atoms. The van der Waals surface area contributed by atoms with Crippen molar-refractivity contribution < 1.29 is 14.4 Å². The Labute approximate surface area is 84.7 Å².